The Bertz CT molecular complexity index is 269. The number of hydrogen-bond donors (Lipinski definition) is 2. The third-order valence-electron chi connectivity index (χ3n) is 4.20. The fourth-order valence-corrected chi connectivity index (χ4v) is 2.99. The number of rotatable bonds is 5. The lowest BCUT2D eigenvalue weighted by Crippen LogP contribution is -2.32. The van der Waals surface area contributed by atoms with Gasteiger partial charge in [-0.2, -0.15) is 0 Å². The van der Waals surface area contributed by atoms with Crippen LogP contribution in [0.5, 0.6) is 0 Å². The molecule has 2 N–H and O–H groups in total. The lowest BCUT2D eigenvalue weighted by molar-refractivity contribution is -0.149. The molecule has 1 saturated heterocycles. The minimum Gasteiger partial charge on any atom is -0.479 e. The highest BCUT2D eigenvalue weighted by Gasteiger charge is 2.30. The number of carboxylic acid groups (broad SMARTS) is 1. The molecule has 17 heavy (non-hydrogen) atoms. The van der Waals surface area contributed by atoms with Crippen LogP contribution in [-0.2, 0) is 9.53 Å². The zero-order valence-electron chi connectivity index (χ0n) is 10.5. The van der Waals surface area contributed by atoms with Gasteiger partial charge in [-0.05, 0) is 37.6 Å². The Morgan fingerprint density at radius 3 is 2.71 bits per heavy atom. The van der Waals surface area contributed by atoms with Crippen LogP contribution in [0, 0.1) is 11.8 Å². The Hall–Kier alpha value is -0.610. The SMILES string of the molecule is CC1CCCC1CNCC1CCC(C(=O)O)O1. The van der Waals surface area contributed by atoms with Gasteiger partial charge < -0.3 is 15.2 Å². The van der Waals surface area contributed by atoms with Crippen LogP contribution >= 0.6 is 0 Å². The zero-order chi connectivity index (χ0) is 12.3. The molecule has 4 unspecified atom stereocenters. The standard InChI is InChI=1S/C13H23NO3/c1-9-3-2-4-10(9)7-14-8-11-5-6-12(17-11)13(15)16/h9-12,14H,2-8H2,1H3,(H,15,16). The molecule has 0 bridgehead atoms. The van der Waals surface area contributed by atoms with Gasteiger partial charge in [-0.3, -0.25) is 0 Å². The molecule has 2 fully saturated rings. The predicted octanol–water partition coefficient (Wildman–Crippen LogP) is 1.64. The smallest absolute Gasteiger partial charge is 0.332 e. The molecule has 0 amide bonds. The van der Waals surface area contributed by atoms with Crippen LogP contribution in [-0.4, -0.2) is 36.4 Å². The van der Waals surface area contributed by atoms with E-state index in [0.29, 0.717) is 6.42 Å². The number of hydrogen-bond acceptors (Lipinski definition) is 3. The van der Waals surface area contributed by atoms with E-state index >= 15 is 0 Å². The molecule has 1 heterocycles. The van der Waals surface area contributed by atoms with Crippen molar-refractivity contribution in [3.63, 3.8) is 0 Å². The highest BCUT2D eigenvalue weighted by atomic mass is 16.5. The Morgan fingerprint density at radius 1 is 1.29 bits per heavy atom. The molecule has 4 heteroatoms. The van der Waals surface area contributed by atoms with Gasteiger partial charge in [0.05, 0.1) is 6.10 Å². The lowest BCUT2D eigenvalue weighted by atomic mass is 9.98. The Morgan fingerprint density at radius 2 is 2.12 bits per heavy atom. The van der Waals surface area contributed by atoms with Gasteiger partial charge in [0.1, 0.15) is 0 Å². The van der Waals surface area contributed by atoms with Crippen molar-refractivity contribution in [3.05, 3.63) is 0 Å². The van der Waals surface area contributed by atoms with Crippen LogP contribution in [0.3, 0.4) is 0 Å². The largest absolute Gasteiger partial charge is 0.479 e. The summed E-state index contributed by atoms with van der Waals surface area (Å²) in [5, 5.41) is 12.3. The van der Waals surface area contributed by atoms with E-state index in [1.807, 2.05) is 0 Å². The first-order valence-electron chi connectivity index (χ1n) is 6.76. The third kappa shape index (κ3) is 3.42. The van der Waals surface area contributed by atoms with Crippen LogP contribution in [0.15, 0.2) is 0 Å². The molecule has 4 atom stereocenters. The Labute approximate surface area is 103 Å². The van der Waals surface area contributed by atoms with Gasteiger partial charge in [-0.1, -0.05) is 19.8 Å². The maximum Gasteiger partial charge on any atom is 0.332 e. The van der Waals surface area contributed by atoms with Crippen LogP contribution in [0.4, 0.5) is 0 Å². The highest BCUT2D eigenvalue weighted by Crippen LogP contribution is 2.30. The summed E-state index contributed by atoms with van der Waals surface area (Å²) in [6.07, 6.45) is 5.07. The van der Waals surface area contributed by atoms with E-state index in [1.54, 1.807) is 0 Å². The van der Waals surface area contributed by atoms with E-state index in [0.717, 1.165) is 31.3 Å². The second-order valence-electron chi connectivity index (χ2n) is 5.49. The second kappa shape index (κ2) is 5.83. The van der Waals surface area contributed by atoms with Gasteiger partial charge >= 0.3 is 5.97 Å². The van der Waals surface area contributed by atoms with Crippen molar-refractivity contribution in [2.24, 2.45) is 11.8 Å². The Balaban J connectivity index is 1.61. The minimum absolute atomic E-state index is 0.0906. The molecule has 2 rings (SSSR count). The van der Waals surface area contributed by atoms with E-state index in [2.05, 4.69) is 12.2 Å². The molecule has 2 aliphatic rings. The molecule has 0 spiro atoms. The predicted molar refractivity (Wildman–Crippen MR) is 64.9 cm³/mol. The number of carboxylic acids is 1. The summed E-state index contributed by atoms with van der Waals surface area (Å²) in [6.45, 7) is 4.18. The van der Waals surface area contributed by atoms with Crippen molar-refractivity contribution in [3.8, 4) is 0 Å². The summed E-state index contributed by atoms with van der Waals surface area (Å²) >= 11 is 0. The summed E-state index contributed by atoms with van der Waals surface area (Å²) in [7, 11) is 0. The molecule has 0 aromatic rings. The zero-order valence-corrected chi connectivity index (χ0v) is 10.5. The van der Waals surface area contributed by atoms with Crippen molar-refractivity contribution in [1.82, 2.24) is 5.32 Å². The summed E-state index contributed by atoms with van der Waals surface area (Å²) in [5.74, 6) is 0.808. The maximum atomic E-state index is 10.7. The van der Waals surface area contributed by atoms with Crippen molar-refractivity contribution < 1.29 is 14.6 Å². The topological polar surface area (TPSA) is 58.6 Å². The normalized spacial score (nSPS) is 37.5. The quantitative estimate of drug-likeness (QED) is 0.768. The molecule has 1 aliphatic heterocycles. The molecular formula is C13H23NO3. The molecule has 0 radical (unpaired) electrons. The first kappa shape index (κ1) is 12.8. The van der Waals surface area contributed by atoms with Gasteiger partial charge in [0, 0.05) is 6.54 Å². The maximum absolute atomic E-state index is 10.7. The van der Waals surface area contributed by atoms with Crippen molar-refractivity contribution >= 4 is 5.97 Å². The van der Waals surface area contributed by atoms with E-state index < -0.39 is 12.1 Å². The van der Waals surface area contributed by atoms with Gasteiger partial charge in [-0.25, -0.2) is 4.79 Å². The summed E-state index contributed by atoms with van der Waals surface area (Å²) in [5.41, 5.74) is 0. The van der Waals surface area contributed by atoms with Crippen molar-refractivity contribution in [2.75, 3.05) is 13.1 Å². The third-order valence-corrected chi connectivity index (χ3v) is 4.20. The Kier molecular flexibility index (Phi) is 4.40. The average Bonchev–Trinajstić information content (AvgIpc) is 2.89. The number of aliphatic carboxylic acids is 1. The first-order valence-corrected chi connectivity index (χ1v) is 6.76. The second-order valence-corrected chi connectivity index (χ2v) is 5.49. The van der Waals surface area contributed by atoms with E-state index in [1.165, 1.54) is 19.3 Å². The van der Waals surface area contributed by atoms with Crippen molar-refractivity contribution in [2.45, 2.75) is 51.2 Å². The number of nitrogens with one attached hydrogen (secondary N) is 1. The molecule has 1 aliphatic carbocycles. The lowest BCUT2D eigenvalue weighted by Gasteiger charge is -2.18. The fourth-order valence-electron chi connectivity index (χ4n) is 2.99. The van der Waals surface area contributed by atoms with Crippen LogP contribution < -0.4 is 5.32 Å². The number of carbonyl (C=O) groups is 1. The van der Waals surface area contributed by atoms with Gasteiger partial charge in [0.2, 0.25) is 0 Å². The van der Waals surface area contributed by atoms with E-state index in [9.17, 15) is 4.79 Å². The van der Waals surface area contributed by atoms with Gasteiger partial charge in [0.15, 0.2) is 6.10 Å². The average molecular weight is 241 g/mol. The van der Waals surface area contributed by atoms with Crippen LogP contribution in [0.2, 0.25) is 0 Å². The fraction of sp³-hybridized carbons (Fsp3) is 0.923. The summed E-state index contributed by atoms with van der Waals surface area (Å²) in [4.78, 5) is 10.7. The summed E-state index contributed by atoms with van der Waals surface area (Å²) in [6, 6.07) is 0. The highest BCUT2D eigenvalue weighted by molar-refractivity contribution is 5.72. The van der Waals surface area contributed by atoms with Crippen LogP contribution in [0.1, 0.15) is 39.0 Å². The molecule has 1 saturated carbocycles. The molecule has 4 nitrogen and oxygen atoms in total. The van der Waals surface area contributed by atoms with Gasteiger partial charge in [0.25, 0.3) is 0 Å². The van der Waals surface area contributed by atoms with Crippen molar-refractivity contribution in [1.29, 1.82) is 0 Å². The summed E-state index contributed by atoms with van der Waals surface area (Å²) < 4.78 is 5.45. The van der Waals surface area contributed by atoms with Crippen LogP contribution in [0.25, 0.3) is 0 Å². The first-order chi connectivity index (χ1) is 8.16. The van der Waals surface area contributed by atoms with Gasteiger partial charge in [-0.15, -0.1) is 0 Å². The van der Waals surface area contributed by atoms with E-state index in [-0.39, 0.29) is 6.10 Å². The monoisotopic (exact) mass is 241 g/mol. The number of ether oxygens (including phenoxy) is 1. The molecule has 98 valence electrons. The molecule has 0 aromatic heterocycles. The molecular weight excluding hydrogens is 218 g/mol. The van der Waals surface area contributed by atoms with E-state index in [4.69, 9.17) is 9.84 Å². The minimum atomic E-state index is -0.822. The molecule has 0 aromatic carbocycles.